The zero-order chi connectivity index (χ0) is 10.4. The van der Waals surface area contributed by atoms with E-state index >= 15 is 0 Å². The summed E-state index contributed by atoms with van der Waals surface area (Å²) in [4.78, 5) is 11.6. The van der Waals surface area contributed by atoms with Gasteiger partial charge in [0.15, 0.2) is 0 Å². The largest absolute Gasteiger partial charge is 0.478 e. The molecule has 0 fully saturated rings. The lowest BCUT2D eigenvalue weighted by molar-refractivity contribution is 0.0693. The Bertz CT molecular complexity index is 345. The van der Waals surface area contributed by atoms with Crippen LogP contribution in [0, 0.1) is 0 Å². The summed E-state index contributed by atoms with van der Waals surface area (Å²) in [5.74, 6) is -0.0607. The van der Waals surface area contributed by atoms with Crippen molar-refractivity contribution in [2.45, 2.75) is 11.8 Å². The van der Waals surface area contributed by atoms with E-state index in [1.165, 1.54) is 11.8 Å². The predicted octanol–water partition coefficient (Wildman–Crippen LogP) is 3.05. The molecule has 0 aromatic heterocycles. The molecule has 2 nitrogen and oxygen atoms in total. The molecular formula is C11H12O2S. The monoisotopic (exact) mass is 208 g/mol. The number of allylic oxidation sites excluding steroid dienone is 1. The van der Waals surface area contributed by atoms with Crippen LogP contribution in [0.4, 0.5) is 0 Å². The van der Waals surface area contributed by atoms with Gasteiger partial charge in [-0.2, -0.15) is 0 Å². The fourth-order valence-corrected chi connectivity index (χ4v) is 1.96. The SMILES string of the molecule is C/C=C/CSc1ccccc1C(=O)O. The molecule has 0 amide bonds. The second-order valence-electron chi connectivity index (χ2n) is 2.68. The van der Waals surface area contributed by atoms with Crippen molar-refractivity contribution in [3.8, 4) is 0 Å². The molecule has 0 heterocycles. The van der Waals surface area contributed by atoms with Crippen LogP contribution >= 0.6 is 11.8 Å². The molecule has 1 N–H and O–H groups in total. The molecule has 0 radical (unpaired) electrons. The number of hydrogen-bond donors (Lipinski definition) is 1. The Morgan fingerprint density at radius 3 is 2.86 bits per heavy atom. The Morgan fingerprint density at radius 2 is 2.21 bits per heavy atom. The summed E-state index contributed by atoms with van der Waals surface area (Å²) in [6.45, 7) is 1.95. The van der Waals surface area contributed by atoms with Gasteiger partial charge in [0.2, 0.25) is 0 Å². The fourth-order valence-electron chi connectivity index (χ4n) is 1.00. The van der Waals surface area contributed by atoms with Gasteiger partial charge in [-0.25, -0.2) is 4.79 Å². The lowest BCUT2D eigenvalue weighted by Crippen LogP contribution is -1.98. The van der Waals surface area contributed by atoms with E-state index in [1.54, 1.807) is 12.1 Å². The number of carboxylic acid groups (broad SMARTS) is 1. The summed E-state index contributed by atoms with van der Waals surface area (Å²) in [7, 11) is 0. The van der Waals surface area contributed by atoms with Gasteiger partial charge in [0.1, 0.15) is 0 Å². The number of aromatic carboxylic acids is 1. The molecule has 1 aromatic carbocycles. The van der Waals surface area contributed by atoms with E-state index in [9.17, 15) is 4.79 Å². The summed E-state index contributed by atoms with van der Waals surface area (Å²) >= 11 is 1.53. The van der Waals surface area contributed by atoms with Crippen LogP contribution in [0.1, 0.15) is 17.3 Å². The molecule has 0 aliphatic carbocycles. The highest BCUT2D eigenvalue weighted by Gasteiger charge is 2.07. The van der Waals surface area contributed by atoms with Crippen LogP contribution in [-0.2, 0) is 0 Å². The zero-order valence-corrected chi connectivity index (χ0v) is 8.75. The Balaban J connectivity index is 2.79. The third kappa shape index (κ3) is 2.92. The van der Waals surface area contributed by atoms with E-state index in [1.807, 2.05) is 31.2 Å². The van der Waals surface area contributed by atoms with E-state index < -0.39 is 5.97 Å². The summed E-state index contributed by atoms with van der Waals surface area (Å²) in [5, 5.41) is 8.89. The minimum Gasteiger partial charge on any atom is -0.478 e. The molecule has 74 valence electrons. The molecule has 0 saturated carbocycles. The minimum absolute atomic E-state index is 0.377. The summed E-state index contributed by atoms with van der Waals surface area (Å²) in [6.07, 6.45) is 3.96. The van der Waals surface area contributed by atoms with Crippen LogP contribution in [0.3, 0.4) is 0 Å². The first kappa shape index (κ1) is 10.9. The van der Waals surface area contributed by atoms with E-state index in [2.05, 4.69) is 0 Å². The molecule has 0 aliphatic heterocycles. The van der Waals surface area contributed by atoms with Crippen LogP contribution in [0.5, 0.6) is 0 Å². The second kappa shape index (κ2) is 5.50. The lowest BCUT2D eigenvalue weighted by atomic mass is 10.2. The van der Waals surface area contributed by atoms with Gasteiger partial charge in [-0.15, -0.1) is 11.8 Å². The summed E-state index contributed by atoms with van der Waals surface area (Å²) in [6, 6.07) is 7.05. The average molecular weight is 208 g/mol. The van der Waals surface area contributed by atoms with Gasteiger partial charge in [0, 0.05) is 10.6 Å². The van der Waals surface area contributed by atoms with Gasteiger partial charge < -0.3 is 5.11 Å². The molecule has 0 atom stereocenters. The summed E-state index contributed by atoms with van der Waals surface area (Å²) in [5.41, 5.74) is 0.377. The third-order valence-corrected chi connectivity index (χ3v) is 2.71. The maximum absolute atomic E-state index is 10.8. The van der Waals surface area contributed by atoms with Crippen molar-refractivity contribution < 1.29 is 9.90 Å². The van der Waals surface area contributed by atoms with Crippen molar-refractivity contribution in [2.24, 2.45) is 0 Å². The Morgan fingerprint density at radius 1 is 1.50 bits per heavy atom. The van der Waals surface area contributed by atoms with E-state index in [-0.39, 0.29) is 0 Å². The highest BCUT2D eigenvalue weighted by atomic mass is 32.2. The highest BCUT2D eigenvalue weighted by molar-refractivity contribution is 7.99. The molecule has 0 bridgehead atoms. The molecule has 14 heavy (non-hydrogen) atoms. The number of benzene rings is 1. The maximum atomic E-state index is 10.8. The van der Waals surface area contributed by atoms with Gasteiger partial charge in [0.05, 0.1) is 5.56 Å². The maximum Gasteiger partial charge on any atom is 0.336 e. The Kier molecular flexibility index (Phi) is 4.26. The van der Waals surface area contributed by atoms with Crippen LogP contribution in [0.25, 0.3) is 0 Å². The topological polar surface area (TPSA) is 37.3 Å². The van der Waals surface area contributed by atoms with Gasteiger partial charge in [-0.3, -0.25) is 0 Å². The number of hydrogen-bond acceptors (Lipinski definition) is 2. The van der Waals surface area contributed by atoms with Gasteiger partial charge in [-0.1, -0.05) is 24.3 Å². The van der Waals surface area contributed by atoms with E-state index in [0.717, 1.165) is 10.6 Å². The van der Waals surface area contributed by atoms with Crippen molar-refractivity contribution in [2.75, 3.05) is 5.75 Å². The normalized spacial score (nSPS) is 10.6. The minimum atomic E-state index is -0.867. The van der Waals surface area contributed by atoms with Crippen molar-refractivity contribution in [1.29, 1.82) is 0 Å². The molecule has 0 unspecified atom stereocenters. The number of carbonyl (C=O) groups is 1. The zero-order valence-electron chi connectivity index (χ0n) is 7.93. The first-order valence-electron chi connectivity index (χ1n) is 4.32. The molecular weight excluding hydrogens is 196 g/mol. The van der Waals surface area contributed by atoms with Gasteiger partial charge >= 0.3 is 5.97 Å². The third-order valence-electron chi connectivity index (χ3n) is 1.69. The first-order valence-corrected chi connectivity index (χ1v) is 5.30. The quantitative estimate of drug-likeness (QED) is 0.610. The van der Waals surface area contributed by atoms with Gasteiger partial charge in [0.25, 0.3) is 0 Å². The molecule has 1 rings (SSSR count). The number of carboxylic acids is 1. The first-order chi connectivity index (χ1) is 6.75. The summed E-state index contributed by atoms with van der Waals surface area (Å²) < 4.78 is 0. The fraction of sp³-hybridized carbons (Fsp3) is 0.182. The Labute approximate surface area is 87.6 Å². The van der Waals surface area contributed by atoms with Crippen molar-refractivity contribution in [1.82, 2.24) is 0 Å². The molecule has 0 aliphatic rings. The molecule has 0 spiro atoms. The van der Waals surface area contributed by atoms with Crippen molar-refractivity contribution in [3.63, 3.8) is 0 Å². The molecule has 0 saturated heterocycles. The highest BCUT2D eigenvalue weighted by Crippen LogP contribution is 2.22. The van der Waals surface area contributed by atoms with Gasteiger partial charge in [-0.05, 0) is 19.1 Å². The van der Waals surface area contributed by atoms with E-state index in [4.69, 9.17) is 5.11 Å². The standard InChI is InChI=1S/C11H12O2S/c1-2-3-8-14-10-7-5-4-6-9(10)11(12)13/h2-7H,8H2,1H3,(H,12,13)/b3-2+. The van der Waals surface area contributed by atoms with Crippen LogP contribution in [-0.4, -0.2) is 16.8 Å². The predicted molar refractivity (Wildman–Crippen MR) is 58.9 cm³/mol. The molecule has 3 heteroatoms. The van der Waals surface area contributed by atoms with Crippen LogP contribution < -0.4 is 0 Å². The van der Waals surface area contributed by atoms with Crippen molar-refractivity contribution in [3.05, 3.63) is 42.0 Å². The smallest absolute Gasteiger partial charge is 0.336 e. The number of thioether (sulfide) groups is 1. The number of rotatable bonds is 4. The molecule has 1 aromatic rings. The lowest BCUT2D eigenvalue weighted by Gasteiger charge is -2.02. The van der Waals surface area contributed by atoms with Crippen LogP contribution in [0.2, 0.25) is 0 Å². The van der Waals surface area contributed by atoms with Crippen LogP contribution in [0.15, 0.2) is 41.3 Å². The average Bonchev–Trinajstić information content (AvgIpc) is 2.19. The van der Waals surface area contributed by atoms with E-state index in [0.29, 0.717) is 5.56 Å². The Hall–Kier alpha value is -1.22. The van der Waals surface area contributed by atoms with Crippen molar-refractivity contribution >= 4 is 17.7 Å². The second-order valence-corrected chi connectivity index (χ2v) is 3.74.